The minimum Gasteiger partial charge on any atom is -0.481 e. The topological polar surface area (TPSA) is 49.3 Å². The Kier molecular flexibility index (Phi) is 4.82. The first-order chi connectivity index (χ1) is 7.11. The van der Waals surface area contributed by atoms with Crippen LogP contribution in [0.25, 0.3) is 0 Å². The lowest BCUT2D eigenvalue weighted by molar-refractivity contribution is -0.141. The predicted molar refractivity (Wildman–Crippen MR) is 60.7 cm³/mol. The number of hydrogen-bond donors (Lipinski definition) is 2. The molecule has 86 valence electrons. The van der Waals surface area contributed by atoms with E-state index in [-0.39, 0.29) is 12.0 Å². The average Bonchev–Trinajstić information content (AvgIpc) is 2.26. The van der Waals surface area contributed by atoms with Crippen LogP contribution in [0.5, 0.6) is 0 Å². The molecule has 1 aliphatic rings. The maximum atomic E-state index is 10.7. The number of aliphatic carboxylic acids is 1. The van der Waals surface area contributed by atoms with Crippen molar-refractivity contribution in [1.82, 2.24) is 5.32 Å². The molecule has 0 bridgehead atoms. The number of rotatable bonds is 5. The van der Waals surface area contributed by atoms with Gasteiger partial charge in [0.2, 0.25) is 0 Å². The summed E-state index contributed by atoms with van der Waals surface area (Å²) in [4.78, 5) is 10.7. The zero-order valence-corrected chi connectivity index (χ0v) is 9.57. The third-order valence-corrected chi connectivity index (χ3v) is 3.25. The molecular weight excluding hydrogens is 190 g/mol. The Morgan fingerprint density at radius 1 is 1.53 bits per heavy atom. The van der Waals surface area contributed by atoms with Gasteiger partial charge >= 0.3 is 5.97 Å². The summed E-state index contributed by atoms with van der Waals surface area (Å²) in [5, 5.41) is 12.2. The van der Waals surface area contributed by atoms with E-state index in [9.17, 15) is 4.79 Å². The Morgan fingerprint density at radius 3 is 2.80 bits per heavy atom. The number of carboxylic acids is 1. The van der Waals surface area contributed by atoms with Gasteiger partial charge < -0.3 is 10.4 Å². The summed E-state index contributed by atoms with van der Waals surface area (Å²) in [5.41, 5.74) is 0. The number of hydrogen-bond acceptors (Lipinski definition) is 2. The minimum absolute atomic E-state index is 0.0495. The molecule has 3 nitrogen and oxygen atoms in total. The van der Waals surface area contributed by atoms with Crippen molar-refractivity contribution in [2.75, 3.05) is 6.54 Å². The van der Waals surface area contributed by atoms with Crippen molar-refractivity contribution in [3.05, 3.63) is 12.2 Å². The first-order valence-electron chi connectivity index (χ1n) is 5.72. The van der Waals surface area contributed by atoms with Crippen LogP contribution in [-0.2, 0) is 4.79 Å². The minimum atomic E-state index is -0.724. The second-order valence-corrected chi connectivity index (χ2v) is 4.47. The molecule has 0 aromatic heterocycles. The van der Waals surface area contributed by atoms with Crippen LogP contribution in [0.2, 0.25) is 0 Å². The molecule has 0 spiro atoms. The van der Waals surface area contributed by atoms with Crippen LogP contribution in [0, 0.1) is 11.8 Å². The largest absolute Gasteiger partial charge is 0.481 e. The molecular formula is C12H21NO2. The van der Waals surface area contributed by atoms with Gasteiger partial charge in [-0.15, -0.1) is 0 Å². The average molecular weight is 211 g/mol. The Bertz CT molecular complexity index is 238. The van der Waals surface area contributed by atoms with Gasteiger partial charge in [0.05, 0.1) is 5.92 Å². The summed E-state index contributed by atoms with van der Waals surface area (Å²) < 4.78 is 0. The van der Waals surface area contributed by atoms with Gasteiger partial charge in [-0.1, -0.05) is 19.1 Å². The Hall–Kier alpha value is -0.830. The molecule has 0 radical (unpaired) electrons. The molecule has 0 fully saturated rings. The molecule has 3 unspecified atom stereocenters. The zero-order valence-electron chi connectivity index (χ0n) is 9.57. The smallest absolute Gasteiger partial charge is 0.307 e. The van der Waals surface area contributed by atoms with E-state index in [0.717, 1.165) is 19.4 Å². The van der Waals surface area contributed by atoms with Crippen molar-refractivity contribution in [3.8, 4) is 0 Å². The molecule has 3 heteroatoms. The molecule has 1 aliphatic carbocycles. The molecule has 15 heavy (non-hydrogen) atoms. The van der Waals surface area contributed by atoms with Crippen LogP contribution in [-0.4, -0.2) is 23.7 Å². The fourth-order valence-electron chi connectivity index (χ4n) is 1.78. The standard InChI is InChI=1S/C12H21NO2/c1-9(12(14)15)10(2)13-8-11-6-4-3-5-7-11/h3-4,9-11,13H,5-8H2,1-2H3,(H,14,15). The molecule has 0 aromatic carbocycles. The lowest BCUT2D eigenvalue weighted by Crippen LogP contribution is -2.39. The Morgan fingerprint density at radius 2 is 2.27 bits per heavy atom. The van der Waals surface area contributed by atoms with Gasteiger partial charge in [-0.3, -0.25) is 4.79 Å². The van der Waals surface area contributed by atoms with Gasteiger partial charge in [-0.2, -0.15) is 0 Å². The van der Waals surface area contributed by atoms with Crippen LogP contribution in [0.1, 0.15) is 33.1 Å². The van der Waals surface area contributed by atoms with Crippen LogP contribution in [0.3, 0.4) is 0 Å². The van der Waals surface area contributed by atoms with Crippen molar-refractivity contribution >= 4 is 5.97 Å². The SMILES string of the molecule is CC(NCC1CC=CCC1)C(C)C(=O)O. The highest BCUT2D eigenvalue weighted by Crippen LogP contribution is 2.17. The number of carboxylic acid groups (broad SMARTS) is 1. The molecule has 0 saturated carbocycles. The zero-order chi connectivity index (χ0) is 11.3. The van der Waals surface area contributed by atoms with Crippen LogP contribution in [0.4, 0.5) is 0 Å². The lowest BCUT2D eigenvalue weighted by Gasteiger charge is -2.23. The summed E-state index contributed by atoms with van der Waals surface area (Å²) in [6.45, 7) is 4.63. The van der Waals surface area contributed by atoms with E-state index in [1.165, 1.54) is 6.42 Å². The third kappa shape index (κ3) is 4.04. The Labute approximate surface area is 91.6 Å². The third-order valence-electron chi connectivity index (χ3n) is 3.25. The molecule has 0 heterocycles. The summed E-state index contributed by atoms with van der Waals surface area (Å²) in [6, 6.07) is 0.0495. The quantitative estimate of drug-likeness (QED) is 0.684. The van der Waals surface area contributed by atoms with Gasteiger partial charge in [0.15, 0.2) is 0 Å². The highest BCUT2D eigenvalue weighted by atomic mass is 16.4. The number of allylic oxidation sites excluding steroid dienone is 2. The predicted octanol–water partition coefficient (Wildman–Crippen LogP) is 2.04. The maximum absolute atomic E-state index is 10.7. The lowest BCUT2D eigenvalue weighted by atomic mass is 9.93. The van der Waals surface area contributed by atoms with Crippen molar-refractivity contribution < 1.29 is 9.90 Å². The van der Waals surface area contributed by atoms with Crippen molar-refractivity contribution in [2.24, 2.45) is 11.8 Å². The summed E-state index contributed by atoms with van der Waals surface area (Å²) in [5.74, 6) is -0.360. The van der Waals surface area contributed by atoms with Gasteiger partial charge in [0.1, 0.15) is 0 Å². The second kappa shape index (κ2) is 5.91. The number of carbonyl (C=O) groups is 1. The number of nitrogens with one attached hydrogen (secondary N) is 1. The summed E-state index contributed by atoms with van der Waals surface area (Å²) in [7, 11) is 0. The van der Waals surface area contributed by atoms with Crippen LogP contribution in [0.15, 0.2) is 12.2 Å². The van der Waals surface area contributed by atoms with Crippen molar-refractivity contribution in [2.45, 2.75) is 39.2 Å². The van der Waals surface area contributed by atoms with E-state index in [1.807, 2.05) is 6.92 Å². The van der Waals surface area contributed by atoms with E-state index < -0.39 is 5.97 Å². The molecule has 0 amide bonds. The Balaban J connectivity index is 2.24. The van der Waals surface area contributed by atoms with Gasteiger partial charge in [0, 0.05) is 6.04 Å². The van der Waals surface area contributed by atoms with E-state index >= 15 is 0 Å². The monoisotopic (exact) mass is 211 g/mol. The van der Waals surface area contributed by atoms with Gasteiger partial charge in [-0.05, 0) is 38.6 Å². The van der Waals surface area contributed by atoms with Crippen molar-refractivity contribution in [1.29, 1.82) is 0 Å². The fraction of sp³-hybridized carbons (Fsp3) is 0.750. The van der Waals surface area contributed by atoms with Crippen LogP contribution >= 0.6 is 0 Å². The molecule has 2 N–H and O–H groups in total. The highest BCUT2D eigenvalue weighted by molar-refractivity contribution is 5.70. The van der Waals surface area contributed by atoms with E-state index in [1.54, 1.807) is 6.92 Å². The summed E-state index contributed by atoms with van der Waals surface area (Å²) >= 11 is 0. The fourth-order valence-corrected chi connectivity index (χ4v) is 1.78. The maximum Gasteiger partial charge on any atom is 0.307 e. The van der Waals surface area contributed by atoms with E-state index in [0.29, 0.717) is 5.92 Å². The molecule has 3 atom stereocenters. The first-order valence-corrected chi connectivity index (χ1v) is 5.72. The van der Waals surface area contributed by atoms with E-state index in [4.69, 9.17) is 5.11 Å². The van der Waals surface area contributed by atoms with Gasteiger partial charge in [0.25, 0.3) is 0 Å². The normalized spacial score (nSPS) is 24.8. The van der Waals surface area contributed by atoms with Crippen molar-refractivity contribution in [3.63, 3.8) is 0 Å². The van der Waals surface area contributed by atoms with E-state index in [2.05, 4.69) is 17.5 Å². The molecule has 0 saturated heterocycles. The second-order valence-electron chi connectivity index (χ2n) is 4.47. The highest BCUT2D eigenvalue weighted by Gasteiger charge is 2.20. The van der Waals surface area contributed by atoms with Crippen LogP contribution < -0.4 is 5.32 Å². The molecule has 0 aromatic rings. The molecule has 1 rings (SSSR count). The summed E-state index contributed by atoms with van der Waals surface area (Å²) in [6.07, 6.45) is 7.95. The molecule has 0 aliphatic heterocycles. The first kappa shape index (κ1) is 12.2. The van der Waals surface area contributed by atoms with Gasteiger partial charge in [-0.25, -0.2) is 0 Å².